The van der Waals surface area contributed by atoms with Gasteiger partial charge in [-0.3, -0.25) is 0 Å². The molecule has 0 spiro atoms. The van der Waals surface area contributed by atoms with E-state index in [0.29, 0.717) is 0 Å². The molecule has 0 fully saturated rings. The monoisotopic (exact) mass is 695 g/mol. The zero-order valence-electron chi connectivity index (χ0n) is 30.3. The number of hydrogen-bond donors (Lipinski definition) is 0. The molecule has 1 atom stereocenters. The maximum Gasteiger partial charge on any atom is 0.142 e. The van der Waals surface area contributed by atoms with Crippen molar-refractivity contribution in [3.05, 3.63) is 203 Å². The molecular formula is C52H41NO. The quantitative estimate of drug-likeness (QED) is 0.165. The van der Waals surface area contributed by atoms with E-state index in [1.165, 1.54) is 61.0 Å². The number of benzene rings is 6. The summed E-state index contributed by atoms with van der Waals surface area (Å²) in [5, 5.41) is 1.21. The van der Waals surface area contributed by atoms with Crippen molar-refractivity contribution < 1.29 is 4.42 Å². The number of hydrogen-bond acceptors (Lipinski definition) is 2. The normalized spacial score (nSPS) is 15.9. The molecule has 10 rings (SSSR count). The number of para-hydroxylation sites is 2. The number of furan rings is 1. The molecule has 0 saturated carbocycles. The van der Waals surface area contributed by atoms with Gasteiger partial charge in [-0.15, -0.1) is 0 Å². The molecule has 260 valence electrons. The van der Waals surface area contributed by atoms with Crippen molar-refractivity contribution in [2.75, 3.05) is 4.90 Å². The van der Waals surface area contributed by atoms with E-state index in [0.717, 1.165) is 60.5 Å². The molecular weight excluding hydrogens is 655 g/mol. The first-order valence-corrected chi connectivity index (χ1v) is 19.3. The molecule has 0 bridgehead atoms. The molecule has 0 amide bonds. The van der Waals surface area contributed by atoms with Crippen LogP contribution in [0, 0.1) is 0 Å². The van der Waals surface area contributed by atoms with Crippen molar-refractivity contribution in [1.29, 1.82) is 0 Å². The predicted molar refractivity (Wildman–Crippen MR) is 227 cm³/mol. The van der Waals surface area contributed by atoms with Gasteiger partial charge in [-0.05, 0) is 113 Å². The first-order chi connectivity index (χ1) is 26.8. The Morgan fingerprint density at radius 2 is 1.28 bits per heavy atom. The van der Waals surface area contributed by atoms with Gasteiger partial charge in [0.25, 0.3) is 0 Å². The minimum Gasteiger partial charge on any atom is -0.459 e. The molecule has 1 aromatic heterocycles. The van der Waals surface area contributed by atoms with Crippen LogP contribution in [-0.4, -0.2) is 0 Å². The third-order valence-electron chi connectivity index (χ3n) is 11.3. The second kappa shape index (κ2) is 13.9. The molecule has 0 radical (unpaired) electrons. The molecule has 3 aliphatic rings. The highest BCUT2D eigenvalue weighted by atomic mass is 16.3. The van der Waals surface area contributed by atoms with Crippen LogP contribution in [0.15, 0.2) is 174 Å². The van der Waals surface area contributed by atoms with Gasteiger partial charge in [0.2, 0.25) is 0 Å². The third-order valence-corrected chi connectivity index (χ3v) is 11.3. The Labute approximate surface area is 317 Å². The van der Waals surface area contributed by atoms with E-state index in [2.05, 4.69) is 187 Å². The van der Waals surface area contributed by atoms with E-state index in [1.54, 1.807) is 0 Å². The minimum absolute atomic E-state index is 0.179. The lowest BCUT2D eigenvalue weighted by molar-refractivity contribution is 0.516. The summed E-state index contributed by atoms with van der Waals surface area (Å²) in [7, 11) is 0. The van der Waals surface area contributed by atoms with Crippen LogP contribution in [0.1, 0.15) is 65.2 Å². The smallest absolute Gasteiger partial charge is 0.142 e. The molecule has 1 heterocycles. The van der Waals surface area contributed by atoms with E-state index in [4.69, 9.17) is 4.42 Å². The standard InChI is InChI=1S/C52H41NO/c1-3-14-38(15-4-1)47-23-11-25-49-50-26-12-24-48(52(50)54-51(47)49)39-30-27-37(28-31-39)41-17-9-21-45(34-41)53(44-19-5-2-6-20-44)46-22-10-18-42(35-46)43-32-29-36-13-7-8-16-40(36)33-43/h1-3,5-7,9-14,17-23,25-35,48H,4,8,15-16,24H2. The summed E-state index contributed by atoms with van der Waals surface area (Å²) < 4.78 is 6.82. The van der Waals surface area contributed by atoms with Crippen LogP contribution in [-0.2, 0) is 6.42 Å². The number of fused-ring (bicyclic) bond motifs is 4. The van der Waals surface area contributed by atoms with Crippen molar-refractivity contribution in [3.8, 4) is 22.3 Å². The summed E-state index contributed by atoms with van der Waals surface area (Å²) in [6.07, 6.45) is 21.0. The summed E-state index contributed by atoms with van der Waals surface area (Å²) in [6, 6.07) is 51.2. The Kier molecular flexibility index (Phi) is 8.30. The van der Waals surface area contributed by atoms with Crippen LogP contribution in [0.2, 0.25) is 0 Å². The second-order valence-corrected chi connectivity index (χ2v) is 14.7. The van der Waals surface area contributed by atoms with Crippen LogP contribution in [0.25, 0.3) is 50.9 Å². The molecule has 54 heavy (non-hydrogen) atoms. The van der Waals surface area contributed by atoms with Gasteiger partial charge in [0.05, 0.1) is 0 Å². The molecule has 1 unspecified atom stereocenters. The van der Waals surface area contributed by atoms with Crippen molar-refractivity contribution in [2.45, 2.75) is 38.0 Å². The van der Waals surface area contributed by atoms with Gasteiger partial charge < -0.3 is 9.32 Å². The van der Waals surface area contributed by atoms with Crippen LogP contribution < -0.4 is 4.90 Å². The van der Waals surface area contributed by atoms with Crippen LogP contribution in [0.4, 0.5) is 17.1 Å². The second-order valence-electron chi connectivity index (χ2n) is 14.7. The van der Waals surface area contributed by atoms with Crippen molar-refractivity contribution in [3.63, 3.8) is 0 Å². The third kappa shape index (κ3) is 5.94. The van der Waals surface area contributed by atoms with Crippen molar-refractivity contribution in [1.82, 2.24) is 0 Å². The Morgan fingerprint density at radius 3 is 2.07 bits per heavy atom. The predicted octanol–water partition coefficient (Wildman–Crippen LogP) is 14.5. The lowest BCUT2D eigenvalue weighted by Gasteiger charge is -2.26. The van der Waals surface area contributed by atoms with Gasteiger partial charge in [-0.2, -0.15) is 0 Å². The Morgan fingerprint density at radius 1 is 0.556 bits per heavy atom. The van der Waals surface area contributed by atoms with E-state index >= 15 is 0 Å². The molecule has 2 heteroatoms. The van der Waals surface area contributed by atoms with Crippen molar-refractivity contribution >= 4 is 45.8 Å². The van der Waals surface area contributed by atoms with Gasteiger partial charge >= 0.3 is 0 Å². The van der Waals surface area contributed by atoms with Gasteiger partial charge in [-0.1, -0.05) is 146 Å². The van der Waals surface area contributed by atoms with E-state index in [-0.39, 0.29) is 5.92 Å². The average Bonchev–Trinajstić information content (AvgIpc) is 3.64. The zero-order chi connectivity index (χ0) is 35.8. The largest absolute Gasteiger partial charge is 0.459 e. The molecule has 0 saturated heterocycles. The molecule has 2 nitrogen and oxygen atoms in total. The highest BCUT2D eigenvalue weighted by Gasteiger charge is 2.27. The van der Waals surface area contributed by atoms with Gasteiger partial charge in [0, 0.05) is 39.5 Å². The summed E-state index contributed by atoms with van der Waals surface area (Å²) in [4.78, 5) is 2.37. The lowest BCUT2D eigenvalue weighted by atomic mass is 9.86. The summed E-state index contributed by atoms with van der Waals surface area (Å²) >= 11 is 0. The number of nitrogens with zero attached hydrogens (tertiary/aromatic N) is 1. The molecule has 7 aromatic rings. The molecule has 0 N–H and O–H groups in total. The van der Waals surface area contributed by atoms with Gasteiger partial charge in [0.1, 0.15) is 11.3 Å². The van der Waals surface area contributed by atoms with Gasteiger partial charge in [0.15, 0.2) is 0 Å². The number of rotatable bonds is 7. The first kappa shape index (κ1) is 32.3. The summed E-state index contributed by atoms with van der Waals surface area (Å²) in [5.41, 5.74) is 17.1. The first-order valence-electron chi connectivity index (χ1n) is 19.3. The summed E-state index contributed by atoms with van der Waals surface area (Å²) in [5.74, 6) is 1.26. The Bertz CT molecular complexity index is 2630. The summed E-state index contributed by atoms with van der Waals surface area (Å²) in [6.45, 7) is 0. The highest BCUT2D eigenvalue weighted by Crippen LogP contribution is 2.44. The average molecular weight is 696 g/mol. The number of anilines is 3. The maximum absolute atomic E-state index is 6.82. The highest BCUT2D eigenvalue weighted by molar-refractivity contribution is 5.97. The van der Waals surface area contributed by atoms with Crippen LogP contribution in [0.3, 0.4) is 0 Å². The zero-order valence-corrected chi connectivity index (χ0v) is 30.3. The topological polar surface area (TPSA) is 16.4 Å². The maximum atomic E-state index is 6.82. The number of aryl methyl sites for hydroxylation is 1. The SMILES string of the molecule is C1=CCCC(c2cccc3c4c(oc23)C(c2ccc(-c3cccc(N(c5ccccc5)c5cccc(-c6ccc7c(c6)CCC=C7)c5)c3)cc2)CC=C4)=C1. The van der Waals surface area contributed by atoms with E-state index < -0.39 is 0 Å². The van der Waals surface area contributed by atoms with Crippen molar-refractivity contribution in [2.24, 2.45) is 0 Å². The van der Waals surface area contributed by atoms with E-state index in [1.807, 2.05) is 0 Å². The Hall–Kier alpha value is -6.38. The molecule has 0 aliphatic heterocycles. The molecule has 3 aliphatic carbocycles. The minimum atomic E-state index is 0.179. The lowest BCUT2D eigenvalue weighted by Crippen LogP contribution is -2.10. The fourth-order valence-electron chi connectivity index (χ4n) is 8.58. The molecule has 6 aromatic carbocycles. The van der Waals surface area contributed by atoms with Crippen LogP contribution >= 0.6 is 0 Å². The number of allylic oxidation sites excluding steroid dienone is 6. The fourth-order valence-corrected chi connectivity index (χ4v) is 8.58. The fraction of sp³-hybridized carbons (Fsp3) is 0.115. The van der Waals surface area contributed by atoms with Crippen LogP contribution in [0.5, 0.6) is 0 Å². The van der Waals surface area contributed by atoms with Gasteiger partial charge in [-0.25, -0.2) is 0 Å². The Balaban J connectivity index is 0.975. The van der Waals surface area contributed by atoms with E-state index in [9.17, 15) is 0 Å².